The van der Waals surface area contributed by atoms with Crippen LogP contribution in [0.5, 0.6) is 0 Å². The molecule has 0 saturated carbocycles. The molecule has 0 bridgehead atoms. The van der Waals surface area contributed by atoms with Gasteiger partial charge in [-0.25, -0.2) is 4.98 Å². The topological polar surface area (TPSA) is 50.9 Å². The molecule has 0 spiro atoms. The summed E-state index contributed by atoms with van der Waals surface area (Å²) in [6, 6.07) is 9.55. The van der Waals surface area contributed by atoms with Crippen LogP contribution in [0.1, 0.15) is 0 Å². The monoisotopic (exact) mass is 341 g/mol. The van der Waals surface area contributed by atoms with Crippen LogP contribution in [0, 0.1) is 0 Å². The van der Waals surface area contributed by atoms with Gasteiger partial charge in [-0.15, -0.1) is 0 Å². The molecule has 0 atom stereocenters. The molecule has 82 valence electrons. The molecule has 0 saturated heterocycles. The molecule has 0 fully saturated rings. The Balaban J connectivity index is 2.34. The van der Waals surface area contributed by atoms with Gasteiger partial charge >= 0.3 is 0 Å². The number of anilines is 3. The Labute approximate surface area is 110 Å². The van der Waals surface area contributed by atoms with Gasteiger partial charge in [0.25, 0.3) is 0 Å². The van der Waals surface area contributed by atoms with Crippen LogP contribution in [-0.2, 0) is 0 Å². The smallest absolute Gasteiger partial charge is 0.125 e. The molecule has 5 heteroatoms. The van der Waals surface area contributed by atoms with Crippen molar-refractivity contribution in [3.8, 4) is 0 Å². The van der Waals surface area contributed by atoms with Crippen molar-refractivity contribution in [2.24, 2.45) is 0 Å². The summed E-state index contributed by atoms with van der Waals surface area (Å²) in [5.74, 6) is 0.494. The summed E-state index contributed by atoms with van der Waals surface area (Å²) in [4.78, 5) is 3.94. The Morgan fingerprint density at radius 1 is 1.12 bits per heavy atom. The number of aromatic nitrogens is 1. The Kier molecular flexibility index (Phi) is 3.46. The summed E-state index contributed by atoms with van der Waals surface area (Å²) in [5, 5.41) is 3.27. The first kappa shape index (κ1) is 11.4. The van der Waals surface area contributed by atoms with Crippen LogP contribution in [0.4, 0.5) is 17.2 Å². The second-order valence-electron chi connectivity index (χ2n) is 3.19. The van der Waals surface area contributed by atoms with Crippen LogP contribution in [0.3, 0.4) is 0 Å². The Bertz CT molecular complexity index is 494. The van der Waals surface area contributed by atoms with E-state index in [1.165, 1.54) is 0 Å². The van der Waals surface area contributed by atoms with Crippen molar-refractivity contribution < 1.29 is 0 Å². The third-order valence-corrected chi connectivity index (χ3v) is 3.33. The highest BCUT2D eigenvalue weighted by Gasteiger charge is 2.04. The largest absolute Gasteiger partial charge is 0.384 e. The van der Waals surface area contributed by atoms with Crippen LogP contribution in [0.15, 0.2) is 45.5 Å². The number of benzene rings is 1. The van der Waals surface area contributed by atoms with Crippen molar-refractivity contribution in [1.82, 2.24) is 4.98 Å². The maximum absolute atomic E-state index is 5.61. The van der Waals surface area contributed by atoms with Crippen LogP contribution < -0.4 is 11.1 Å². The van der Waals surface area contributed by atoms with Gasteiger partial charge in [-0.2, -0.15) is 0 Å². The van der Waals surface area contributed by atoms with E-state index >= 15 is 0 Å². The molecule has 3 N–H and O–H groups in total. The lowest BCUT2D eigenvalue weighted by Crippen LogP contribution is -1.95. The predicted molar refractivity (Wildman–Crippen MR) is 73.8 cm³/mol. The zero-order valence-electron chi connectivity index (χ0n) is 8.24. The van der Waals surface area contributed by atoms with Crippen molar-refractivity contribution in [1.29, 1.82) is 0 Å². The SMILES string of the molecule is Nc1cc(Nc2c(Br)cccc2Br)ccn1. The van der Waals surface area contributed by atoms with Gasteiger partial charge in [0.1, 0.15) is 5.82 Å². The van der Waals surface area contributed by atoms with Gasteiger partial charge in [0, 0.05) is 26.9 Å². The van der Waals surface area contributed by atoms with E-state index in [1.54, 1.807) is 12.3 Å². The van der Waals surface area contributed by atoms with E-state index in [9.17, 15) is 0 Å². The second kappa shape index (κ2) is 4.84. The Hall–Kier alpha value is -1.07. The maximum Gasteiger partial charge on any atom is 0.125 e. The summed E-state index contributed by atoms with van der Waals surface area (Å²) < 4.78 is 1.97. The van der Waals surface area contributed by atoms with Crippen LogP contribution in [0.2, 0.25) is 0 Å². The standard InChI is InChI=1S/C11H9Br2N3/c12-8-2-1-3-9(13)11(8)16-7-4-5-15-10(14)6-7/h1-6H,(H3,14,15,16). The fourth-order valence-electron chi connectivity index (χ4n) is 1.29. The molecule has 0 amide bonds. The molecule has 0 aliphatic carbocycles. The number of nitrogens with zero attached hydrogens (tertiary/aromatic N) is 1. The van der Waals surface area contributed by atoms with Crippen molar-refractivity contribution in [2.45, 2.75) is 0 Å². The van der Waals surface area contributed by atoms with Crippen molar-refractivity contribution >= 4 is 49.1 Å². The summed E-state index contributed by atoms with van der Waals surface area (Å²) in [7, 11) is 0. The zero-order valence-corrected chi connectivity index (χ0v) is 11.4. The molecule has 0 radical (unpaired) electrons. The van der Waals surface area contributed by atoms with E-state index in [2.05, 4.69) is 42.2 Å². The minimum atomic E-state index is 0.494. The third kappa shape index (κ3) is 2.54. The predicted octanol–water partition coefficient (Wildman–Crippen LogP) is 3.93. The van der Waals surface area contributed by atoms with Gasteiger partial charge in [0.2, 0.25) is 0 Å². The lowest BCUT2D eigenvalue weighted by molar-refractivity contribution is 1.33. The number of pyridine rings is 1. The van der Waals surface area contributed by atoms with E-state index in [0.717, 1.165) is 20.3 Å². The maximum atomic E-state index is 5.61. The summed E-state index contributed by atoms with van der Waals surface area (Å²) in [6.45, 7) is 0. The quantitative estimate of drug-likeness (QED) is 0.869. The Morgan fingerprint density at radius 2 is 1.81 bits per heavy atom. The molecular weight excluding hydrogens is 334 g/mol. The highest BCUT2D eigenvalue weighted by atomic mass is 79.9. The van der Waals surface area contributed by atoms with Gasteiger partial charge in [-0.3, -0.25) is 0 Å². The third-order valence-electron chi connectivity index (χ3n) is 2.01. The number of hydrogen-bond acceptors (Lipinski definition) is 3. The molecule has 2 rings (SSSR count). The summed E-state index contributed by atoms with van der Waals surface area (Å²) >= 11 is 6.97. The summed E-state index contributed by atoms with van der Waals surface area (Å²) in [5.41, 5.74) is 7.48. The number of nitrogens with two attached hydrogens (primary N) is 1. The first-order valence-electron chi connectivity index (χ1n) is 4.59. The molecule has 1 heterocycles. The highest BCUT2D eigenvalue weighted by molar-refractivity contribution is 9.11. The Morgan fingerprint density at radius 3 is 2.44 bits per heavy atom. The molecule has 0 aliphatic rings. The molecule has 2 aromatic rings. The first-order chi connectivity index (χ1) is 7.66. The highest BCUT2D eigenvalue weighted by Crippen LogP contribution is 2.33. The van der Waals surface area contributed by atoms with Gasteiger partial charge in [-0.05, 0) is 50.1 Å². The number of nitrogens with one attached hydrogen (secondary N) is 1. The van der Waals surface area contributed by atoms with Crippen LogP contribution >= 0.6 is 31.9 Å². The van der Waals surface area contributed by atoms with Gasteiger partial charge in [0.05, 0.1) is 5.69 Å². The number of para-hydroxylation sites is 1. The molecular formula is C11H9Br2N3. The van der Waals surface area contributed by atoms with Crippen LogP contribution in [-0.4, -0.2) is 4.98 Å². The number of nitrogen functional groups attached to an aromatic ring is 1. The van der Waals surface area contributed by atoms with Crippen molar-refractivity contribution in [3.05, 3.63) is 45.5 Å². The minimum Gasteiger partial charge on any atom is -0.384 e. The zero-order chi connectivity index (χ0) is 11.5. The average Bonchev–Trinajstić information content (AvgIpc) is 2.24. The van der Waals surface area contributed by atoms with E-state index in [-0.39, 0.29) is 0 Å². The fraction of sp³-hybridized carbons (Fsp3) is 0. The number of rotatable bonds is 2. The number of halogens is 2. The summed E-state index contributed by atoms with van der Waals surface area (Å²) in [6.07, 6.45) is 1.67. The molecule has 0 aliphatic heterocycles. The fourth-order valence-corrected chi connectivity index (χ4v) is 2.48. The molecule has 0 unspecified atom stereocenters. The number of hydrogen-bond donors (Lipinski definition) is 2. The molecule has 3 nitrogen and oxygen atoms in total. The molecule has 1 aromatic heterocycles. The molecule has 16 heavy (non-hydrogen) atoms. The van der Waals surface area contributed by atoms with Crippen molar-refractivity contribution in [2.75, 3.05) is 11.1 Å². The van der Waals surface area contributed by atoms with E-state index in [0.29, 0.717) is 5.82 Å². The average molecular weight is 343 g/mol. The van der Waals surface area contributed by atoms with E-state index in [4.69, 9.17) is 5.73 Å². The second-order valence-corrected chi connectivity index (χ2v) is 4.90. The van der Waals surface area contributed by atoms with Crippen LogP contribution in [0.25, 0.3) is 0 Å². The van der Waals surface area contributed by atoms with E-state index in [1.807, 2.05) is 24.3 Å². The normalized spacial score (nSPS) is 10.1. The van der Waals surface area contributed by atoms with Gasteiger partial charge < -0.3 is 11.1 Å². The van der Waals surface area contributed by atoms with Gasteiger partial charge in [-0.1, -0.05) is 6.07 Å². The van der Waals surface area contributed by atoms with Gasteiger partial charge in [0.15, 0.2) is 0 Å². The van der Waals surface area contributed by atoms with E-state index < -0.39 is 0 Å². The van der Waals surface area contributed by atoms with Crippen molar-refractivity contribution in [3.63, 3.8) is 0 Å². The lowest BCUT2D eigenvalue weighted by atomic mass is 10.3. The minimum absolute atomic E-state index is 0.494. The first-order valence-corrected chi connectivity index (χ1v) is 6.18. The lowest BCUT2D eigenvalue weighted by Gasteiger charge is -2.10. The molecule has 1 aromatic carbocycles.